The topological polar surface area (TPSA) is 112 Å². The van der Waals surface area contributed by atoms with Gasteiger partial charge in [-0.2, -0.15) is 9.61 Å². The van der Waals surface area contributed by atoms with Crippen LogP contribution < -0.4 is 15.6 Å². The number of benzene rings is 2. The summed E-state index contributed by atoms with van der Waals surface area (Å²) in [6.45, 7) is 3.52. The molecule has 2 heterocycles. The number of aryl methyl sites for hydroxylation is 2. The number of carbonyl (C=O) groups is 2. The Morgan fingerprint density at radius 1 is 1.11 bits per heavy atom. The quantitative estimate of drug-likeness (QED) is 0.354. The molecule has 1 N–H and O–H groups in total. The van der Waals surface area contributed by atoms with Crippen LogP contribution in [0.2, 0.25) is 0 Å². The lowest BCUT2D eigenvalue weighted by molar-refractivity contribution is -0.118. The molecule has 2 aromatic carbocycles. The third kappa shape index (κ3) is 5.90. The number of esters is 1. The number of anilines is 1. The van der Waals surface area contributed by atoms with Crippen molar-refractivity contribution in [2.45, 2.75) is 33.3 Å². The van der Waals surface area contributed by atoms with Crippen molar-refractivity contribution >= 4 is 33.9 Å². The van der Waals surface area contributed by atoms with E-state index in [1.54, 1.807) is 30.3 Å². The van der Waals surface area contributed by atoms with Crippen LogP contribution in [0.1, 0.15) is 40.0 Å². The van der Waals surface area contributed by atoms with E-state index in [0.29, 0.717) is 22.1 Å². The summed E-state index contributed by atoms with van der Waals surface area (Å²) in [5.74, 6) is -0.459. The molecule has 0 unspecified atom stereocenters. The summed E-state index contributed by atoms with van der Waals surface area (Å²) in [5, 5.41) is 7.77. The number of fused-ring (bicyclic) bond motifs is 1. The number of aromatic nitrogens is 3. The molecule has 0 bridgehead atoms. The van der Waals surface area contributed by atoms with Gasteiger partial charge in [-0.25, -0.2) is 9.78 Å². The average Bonchev–Trinajstić information content (AvgIpc) is 3.26. The van der Waals surface area contributed by atoms with Crippen LogP contribution in [0.4, 0.5) is 5.69 Å². The van der Waals surface area contributed by atoms with Crippen LogP contribution in [-0.4, -0.2) is 33.1 Å². The summed E-state index contributed by atoms with van der Waals surface area (Å²) in [6, 6.07) is 15.2. The van der Waals surface area contributed by atoms with Crippen LogP contribution in [0.15, 0.2) is 59.4 Å². The molecule has 0 aliphatic carbocycles. The standard InChI is InChI=1S/C25H24N4O5S/c1-3-8-22-28-29-23(31)13-17(26-25(29)35-22)14-34-24(32)18-10-5-6-11-19(18)27-21(30)15-33-20-12-7-4-9-16(20)2/h4-7,9-13H,3,8,14-15H2,1-2H3,(H,27,30). The number of nitrogens with zero attached hydrogens (tertiary/aromatic N) is 3. The Balaban J connectivity index is 1.41. The summed E-state index contributed by atoms with van der Waals surface area (Å²) in [4.78, 5) is 42.4. The highest BCUT2D eigenvalue weighted by atomic mass is 32.1. The van der Waals surface area contributed by atoms with Crippen molar-refractivity contribution in [3.8, 4) is 5.75 Å². The van der Waals surface area contributed by atoms with E-state index in [1.165, 1.54) is 21.9 Å². The van der Waals surface area contributed by atoms with Gasteiger partial charge in [0.15, 0.2) is 6.61 Å². The van der Waals surface area contributed by atoms with E-state index in [2.05, 4.69) is 15.4 Å². The second-order valence-electron chi connectivity index (χ2n) is 7.75. The Bertz CT molecular complexity index is 1430. The van der Waals surface area contributed by atoms with Crippen molar-refractivity contribution in [2.75, 3.05) is 11.9 Å². The summed E-state index contributed by atoms with van der Waals surface area (Å²) >= 11 is 1.33. The highest BCUT2D eigenvalue weighted by Gasteiger charge is 2.16. The number of para-hydroxylation sites is 2. The van der Waals surface area contributed by atoms with Crippen LogP contribution in [0.25, 0.3) is 4.96 Å². The van der Waals surface area contributed by atoms with Crippen LogP contribution in [0.3, 0.4) is 0 Å². The monoisotopic (exact) mass is 492 g/mol. The Morgan fingerprint density at radius 2 is 1.89 bits per heavy atom. The largest absolute Gasteiger partial charge is 0.483 e. The fourth-order valence-electron chi connectivity index (χ4n) is 3.32. The molecule has 4 aromatic rings. The van der Waals surface area contributed by atoms with Crippen LogP contribution in [0, 0.1) is 6.92 Å². The smallest absolute Gasteiger partial charge is 0.340 e. The van der Waals surface area contributed by atoms with Gasteiger partial charge in [-0.15, -0.1) is 0 Å². The van der Waals surface area contributed by atoms with Crippen molar-refractivity contribution < 1.29 is 19.1 Å². The third-order valence-electron chi connectivity index (χ3n) is 5.03. The van der Waals surface area contributed by atoms with Crippen molar-refractivity contribution in [1.82, 2.24) is 14.6 Å². The molecule has 9 nitrogen and oxygen atoms in total. The first-order chi connectivity index (χ1) is 16.9. The SMILES string of the molecule is CCCc1nn2c(=O)cc(COC(=O)c3ccccc3NC(=O)COc3ccccc3C)nc2s1. The van der Waals surface area contributed by atoms with E-state index in [0.717, 1.165) is 23.4 Å². The van der Waals surface area contributed by atoms with E-state index in [4.69, 9.17) is 9.47 Å². The van der Waals surface area contributed by atoms with E-state index >= 15 is 0 Å². The molecule has 0 spiro atoms. The number of ether oxygens (including phenoxy) is 2. The molecule has 0 aliphatic heterocycles. The molecular weight excluding hydrogens is 468 g/mol. The van der Waals surface area contributed by atoms with Gasteiger partial charge in [-0.1, -0.05) is 48.6 Å². The van der Waals surface area contributed by atoms with Crippen molar-refractivity contribution in [2.24, 2.45) is 0 Å². The summed E-state index contributed by atoms with van der Waals surface area (Å²) < 4.78 is 12.2. The predicted molar refractivity (Wildman–Crippen MR) is 132 cm³/mol. The third-order valence-corrected chi connectivity index (χ3v) is 6.00. The van der Waals surface area contributed by atoms with Gasteiger partial charge < -0.3 is 14.8 Å². The van der Waals surface area contributed by atoms with Gasteiger partial charge in [0.05, 0.1) is 16.9 Å². The molecule has 0 aliphatic rings. The lowest BCUT2D eigenvalue weighted by atomic mass is 10.2. The fourth-order valence-corrected chi connectivity index (χ4v) is 4.34. The summed E-state index contributed by atoms with van der Waals surface area (Å²) in [5.41, 5.74) is 1.38. The number of nitrogens with one attached hydrogen (secondary N) is 1. The first-order valence-corrected chi connectivity index (χ1v) is 11.9. The van der Waals surface area contributed by atoms with Crippen LogP contribution in [0.5, 0.6) is 5.75 Å². The van der Waals surface area contributed by atoms with Crippen LogP contribution >= 0.6 is 11.3 Å². The molecule has 0 radical (unpaired) electrons. The van der Waals surface area contributed by atoms with E-state index < -0.39 is 11.9 Å². The molecule has 0 atom stereocenters. The minimum absolute atomic E-state index is 0.178. The van der Waals surface area contributed by atoms with Gasteiger partial charge in [0.1, 0.15) is 17.4 Å². The first kappa shape index (κ1) is 24.1. The maximum atomic E-state index is 12.8. The number of hydrogen-bond acceptors (Lipinski definition) is 8. The van der Waals surface area contributed by atoms with Gasteiger partial charge in [-0.3, -0.25) is 9.59 Å². The molecule has 180 valence electrons. The highest BCUT2D eigenvalue weighted by Crippen LogP contribution is 2.19. The maximum Gasteiger partial charge on any atom is 0.340 e. The van der Waals surface area contributed by atoms with Gasteiger partial charge in [0.25, 0.3) is 11.5 Å². The maximum absolute atomic E-state index is 12.8. The first-order valence-electron chi connectivity index (χ1n) is 11.1. The molecule has 0 fully saturated rings. The average molecular weight is 493 g/mol. The Kier molecular flexibility index (Phi) is 7.51. The molecular formula is C25H24N4O5S. The molecule has 2 aromatic heterocycles. The second kappa shape index (κ2) is 10.9. The normalized spacial score (nSPS) is 10.8. The van der Waals surface area contributed by atoms with Gasteiger partial charge in [0.2, 0.25) is 4.96 Å². The van der Waals surface area contributed by atoms with Crippen molar-refractivity contribution in [3.63, 3.8) is 0 Å². The van der Waals surface area contributed by atoms with Gasteiger partial charge >= 0.3 is 5.97 Å². The summed E-state index contributed by atoms with van der Waals surface area (Å²) in [7, 11) is 0. The van der Waals surface area contributed by atoms with Crippen LogP contribution in [-0.2, 0) is 22.6 Å². The minimum atomic E-state index is -0.654. The zero-order valence-corrected chi connectivity index (χ0v) is 20.1. The van der Waals surface area contributed by atoms with Gasteiger partial charge in [0, 0.05) is 12.5 Å². The van der Waals surface area contributed by atoms with Gasteiger partial charge in [-0.05, 0) is 37.1 Å². The van der Waals surface area contributed by atoms with Crippen molar-refractivity contribution in [1.29, 1.82) is 0 Å². The Labute approximate surface area is 205 Å². The molecule has 35 heavy (non-hydrogen) atoms. The number of rotatable bonds is 9. The zero-order chi connectivity index (χ0) is 24.8. The fraction of sp³-hybridized carbons (Fsp3) is 0.240. The number of amides is 1. The number of hydrogen-bond donors (Lipinski definition) is 1. The van der Waals surface area contributed by atoms with E-state index in [-0.39, 0.29) is 24.3 Å². The highest BCUT2D eigenvalue weighted by molar-refractivity contribution is 7.16. The molecule has 0 saturated carbocycles. The lowest BCUT2D eigenvalue weighted by Gasteiger charge is -2.12. The Morgan fingerprint density at radius 3 is 2.69 bits per heavy atom. The molecule has 1 amide bonds. The molecule has 10 heteroatoms. The molecule has 4 rings (SSSR count). The Hall–Kier alpha value is -4.05. The van der Waals surface area contributed by atoms with Crippen molar-refractivity contribution in [3.05, 3.63) is 86.8 Å². The second-order valence-corrected chi connectivity index (χ2v) is 8.79. The van der Waals surface area contributed by atoms with E-state index in [1.807, 2.05) is 32.0 Å². The zero-order valence-electron chi connectivity index (χ0n) is 19.3. The molecule has 0 saturated heterocycles. The lowest BCUT2D eigenvalue weighted by Crippen LogP contribution is -2.22. The predicted octanol–water partition coefficient (Wildman–Crippen LogP) is 3.79. The van der Waals surface area contributed by atoms with E-state index in [9.17, 15) is 14.4 Å². The number of carbonyl (C=O) groups excluding carboxylic acids is 2. The summed E-state index contributed by atoms with van der Waals surface area (Å²) in [6.07, 6.45) is 1.67. The minimum Gasteiger partial charge on any atom is -0.483 e.